The van der Waals surface area contributed by atoms with Crippen LogP contribution in [0.2, 0.25) is 5.02 Å². The molecule has 0 bridgehead atoms. The van der Waals surface area contributed by atoms with E-state index in [1.807, 2.05) is 74.8 Å². The summed E-state index contributed by atoms with van der Waals surface area (Å²) in [6, 6.07) is 22.8. The van der Waals surface area contributed by atoms with Gasteiger partial charge in [0.1, 0.15) is 11.5 Å². The van der Waals surface area contributed by atoms with Crippen LogP contribution in [0, 0.1) is 0 Å². The molecule has 0 spiro atoms. The molecule has 1 saturated carbocycles. The van der Waals surface area contributed by atoms with Crippen molar-refractivity contribution in [3.63, 3.8) is 0 Å². The van der Waals surface area contributed by atoms with Crippen molar-refractivity contribution in [1.82, 2.24) is 4.90 Å². The summed E-state index contributed by atoms with van der Waals surface area (Å²) in [6.07, 6.45) is 0.255. The second kappa shape index (κ2) is 8.90. The molecule has 2 N–H and O–H groups in total. The number of ether oxygens (including phenoxy) is 2. The third-order valence-electron chi connectivity index (χ3n) is 7.13. The molecule has 5 nitrogen and oxygen atoms in total. The average molecular weight is 480 g/mol. The Morgan fingerprint density at radius 1 is 1.06 bits per heavy atom. The number of halogens is 1. The maximum absolute atomic E-state index is 12.3. The lowest BCUT2D eigenvalue weighted by molar-refractivity contribution is -0.149. The molecule has 1 aliphatic carbocycles. The van der Waals surface area contributed by atoms with Gasteiger partial charge in [-0.25, -0.2) is 0 Å². The fourth-order valence-corrected chi connectivity index (χ4v) is 5.70. The quantitative estimate of drug-likeness (QED) is 0.481. The predicted octanol–water partition coefficient (Wildman–Crippen LogP) is 4.69. The molecule has 2 aliphatic rings. The molecule has 1 aliphatic heterocycles. The highest BCUT2D eigenvalue weighted by Crippen LogP contribution is 2.66. The van der Waals surface area contributed by atoms with Gasteiger partial charge in [-0.3, -0.25) is 0 Å². The number of benzene rings is 3. The predicted molar refractivity (Wildman–Crippen MR) is 133 cm³/mol. The molecule has 1 heterocycles. The molecule has 6 heteroatoms. The van der Waals surface area contributed by atoms with Crippen molar-refractivity contribution in [2.24, 2.45) is 0 Å². The van der Waals surface area contributed by atoms with Crippen LogP contribution in [0.3, 0.4) is 0 Å². The topological polar surface area (TPSA) is 62.2 Å². The van der Waals surface area contributed by atoms with Gasteiger partial charge >= 0.3 is 0 Å². The molecule has 5 rings (SSSR count). The number of nitrogens with zero attached hydrogens (tertiary/aromatic N) is 1. The summed E-state index contributed by atoms with van der Waals surface area (Å²) in [5, 5.41) is 24.2. The maximum atomic E-state index is 12.3. The van der Waals surface area contributed by atoms with E-state index in [4.69, 9.17) is 21.1 Å². The second-order valence-corrected chi connectivity index (χ2v) is 9.93. The summed E-state index contributed by atoms with van der Waals surface area (Å²) in [4.78, 5) is 2.12. The van der Waals surface area contributed by atoms with E-state index in [-0.39, 0.29) is 5.92 Å². The van der Waals surface area contributed by atoms with Crippen LogP contribution in [-0.4, -0.2) is 48.5 Å². The Hall–Kier alpha value is -2.57. The third-order valence-corrected chi connectivity index (χ3v) is 7.38. The summed E-state index contributed by atoms with van der Waals surface area (Å²) < 4.78 is 12.7. The fraction of sp³-hybridized carbons (Fsp3) is 0.357. The first-order valence-corrected chi connectivity index (χ1v) is 12.1. The summed E-state index contributed by atoms with van der Waals surface area (Å²) in [7, 11) is 4.07. The zero-order valence-electron chi connectivity index (χ0n) is 19.4. The lowest BCUT2D eigenvalue weighted by Gasteiger charge is -2.40. The van der Waals surface area contributed by atoms with E-state index < -0.39 is 17.3 Å². The van der Waals surface area contributed by atoms with Crippen molar-refractivity contribution in [3.8, 4) is 11.5 Å². The summed E-state index contributed by atoms with van der Waals surface area (Å²) in [5.74, 6) is 0.937. The molecule has 1 fully saturated rings. The smallest absolute Gasteiger partial charge is 0.176 e. The first-order valence-electron chi connectivity index (χ1n) is 11.7. The molecule has 4 atom stereocenters. The Morgan fingerprint density at radius 3 is 2.50 bits per heavy atom. The number of rotatable bonds is 7. The van der Waals surface area contributed by atoms with Crippen LogP contribution in [0.25, 0.3) is 0 Å². The molecule has 0 radical (unpaired) electrons. The first-order chi connectivity index (χ1) is 16.4. The molecule has 178 valence electrons. The van der Waals surface area contributed by atoms with Gasteiger partial charge in [-0.1, -0.05) is 54.1 Å². The standard InChI is InChI=1S/C28H30ClNO4/c1-30(2)15-6-16-33-22-13-14-23-25(17-22)34-28(20-9-11-21(29)12-10-20)24(18-26(31)27(23,28)32)19-7-4-3-5-8-19/h3-5,7-14,17,24,26,31-32H,6,15-16,18H2,1-2H3/t24-,26-,27-,28-/m0/s1. The van der Waals surface area contributed by atoms with Gasteiger partial charge in [0.05, 0.1) is 12.7 Å². The van der Waals surface area contributed by atoms with Gasteiger partial charge in [0.15, 0.2) is 11.2 Å². The Balaban J connectivity index is 1.58. The summed E-state index contributed by atoms with van der Waals surface area (Å²) in [5.41, 5.74) is -0.478. The van der Waals surface area contributed by atoms with Crippen molar-refractivity contribution in [3.05, 3.63) is 94.5 Å². The Bertz CT molecular complexity index is 1150. The zero-order valence-corrected chi connectivity index (χ0v) is 20.2. The Morgan fingerprint density at radius 2 is 1.79 bits per heavy atom. The van der Waals surface area contributed by atoms with Gasteiger partial charge in [-0.2, -0.15) is 0 Å². The van der Waals surface area contributed by atoms with E-state index in [9.17, 15) is 10.2 Å². The van der Waals surface area contributed by atoms with E-state index >= 15 is 0 Å². The molecule has 34 heavy (non-hydrogen) atoms. The molecular formula is C28H30ClNO4. The van der Waals surface area contributed by atoms with Crippen LogP contribution >= 0.6 is 11.6 Å². The molecule has 0 aromatic heterocycles. The lowest BCUT2D eigenvalue weighted by atomic mass is 9.71. The minimum Gasteiger partial charge on any atom is -0.493 e. The SMILES string of the molecule is CN(C)CCCOc1ccc2c(c1)O[C@@]1(c3ccc(Cl)cc3)[C@H](c3ccccc3)C[C@H](O)[C@@]21O. The van der Waals surface area contributed by atoms with Gasteiger partial charge < -0.3 is 24.6 Å². The summed E-state index contributed by atoms with van der Waals surface area (Å²) >= 11 is 6.19. The average Bonchev–Trinajstić information content (AvgIpc) is 3.23. The van der Waals surface area contributed by atoms with Crippen molar-refractivity contribution < 1.29 is 19.7 Å². The van der Waals surface area contributed by atoms with E-state index in [0.29, 0.717) is 35.1 Å². The Kier molecular flexibility index (Phi) is 6.07. The van der Waals surface area contributed by atoms with Crippen LogP contribution in [0.4, 0.5) is 0 Å². The van der Waals surface area contributed by atoms with Crippen molar-refractivity contribution in [2.75, 3.05) is 27.2 Å². The number of aliphatic hydroxyl groups is 2. The highest BCUT2D eigenvalue weighted by atomic mass is 35.5. The van der Waals surface area contributed by atoms with E-state index in [1.165, 1.54) is 0 Å². The number of fused-ring (bicyclic) bond motifs is 3. The normalized spacial score (nSPS) is 27.4. The molecule has 0 amide bonds. The maximum Gasteiger partial charge on any atom is 0.176 e. The van der Waals surface area contributed by atoms with E-state index in [2.05, 4.69) is 4.90 Å². The molecule has 0 unspecified atom stereocenters. The molecule has 3 aromatic carbocycles. The number of hydrogen-bond acceptors (Lipinski definition) is 5. The van der Waals surface area contributed by atoms with Gasteiger partial charge in [0.25, 0.3) is 0 Å². The van der Waals surface area contributed by atoms with Crippen LogP contribution in [0.15, 0.2) is 72.8 Å². The van der Waals surface area contributed by atoms with Gasteiger partial charge in [0, 0.05) is 29.1 Å². The second-order valence-electron chi connectivity index (χ2n) is 9.49. The van der Waals surface area contributed by atoms with Crippen LogP contribution in [0.5, 0.6) is 11.5 Å². The van der Waals surface area contributed by atoms with Gasteiger partial charge in [-0.15, -0.1) is 0 Å². The Labute approximate surface area is 205 Å². The van der Waals surface area contributed by atoms with Crippen molar-refractivity contribution in [2.45, 2.75) is 36.1 Å². The van der Waals surface area contributed by atoms with Gasteiger partial charge in [0.2, 0.25) is 0 Å². The third kappa shape index (κ3) is 3.59. The van der Waals surface area contributed by atoms with Crippen molar-refractivity contribution >= 4 is 11.6 Å². The van der Waals surface area contributed by atoms with E-state index in [0.717, 1.165) is 24.1 Å². The highest BCUT2D eigenvalue weighted by Gasteiger charge is 2.72. The molecular weight excluding hydrogens is 450 g/mol. The monoisotopic (exact) mass is 479 g/mol. The first kappa shape index (κ1) is 23.2. The van der Waals surface area contributed by atoms with Gasteiger partial charge in [-0.05, 0) is 62.3 Å². The molecule has 0 saturated heterocycles. The van der Waals surface area contributed by atoms with E-state index in [1.54, 1.807) is 12.1 Å². The van der Waals surface area contributed by atoms with Crippen LogP contribution < -0.4 is 9.47 Å². The number of aliphatic hydroxyl groups excluding tert-OH is 1. The minimum absolute atomic E-state index is 0.272. The van der Waals surface area contributed by atoms with Crippen LogP contribution in [0.1, 0.15) is 35.4 Å². The van der Waals surface area contributed by atoms with Crippen LogP contribution in [-0.2, 0) is 11.2 Å². The lowest BCUT2D eigenvalue weighted by Crippen LogP contribution is -2.51. The highest BCUT2D eigenvalue weighted by molar-refractivity contribution is 6.30. The zero-order chi connectivity index (χ0) is 23.9. The molecule has 3 aromatic rings. The number of hydrogen-bond donors (Lipinski definition) is 2. The summed E-state index contributed by atoms with van der Waals surface area (Å²) in [6.45, 7) is 1.52. The van der Waals surface area contributed by atoms with Crippen molar-refractivity contribution in [1.29, 1.82) is 0 Å². The largest absolute Gasteiger partial charge is 0.493 e. The fourth-order valence-electron chi connectivity index (χ4n) is 5.57. The minimum atomic E-state index is -1.62.